The number of aromatic nitrogens is 2. The van der Waals surface area contributed by atoms with Gasteiger partial charge in [-0.15, -0.1) is 0 Å². The fourth-order valence-corrected chi connectivity index (χ4v) is 1.26. The maximum absolute atomic E-state index is 10.8. The molecule has 1 atom stereocenters. The second-order valence-electron chi connectivity index (χ2n) is 2.92. The molecule has 0 aliphatic carbocycles. The highest BCUT2D eigenvalue weighted by atomic mass is 32.2. The quantitative estimate of drug-likeness (QED) is 0.704. The van der Waals surface area contributed by atoms with Gasteiger partial charge < -0.3 is 8.92 Å². The molecule has 0 aliphatic rings. The molecule has 1 aromatic rings. The van der Waals surface area contributed by atoms with Crippen LogP contribution in [0.25, 0.3) is 0 Å². The van der Waals surface area contributed by atoms with Crippen molar-refractivity contribution in [3.05, 3.63) is 18.1 Å². The number of hydrogen-bond donors (Lipinski definition) is 0. The highest BCUT2D eigenvalue weighted by Crippen LogP contribution is 2.14. The van der Waals surface area contributed by atoms with Gasteiger partial charge in [-0.05, 0) is 6.92 Å². The molecule has 1 rings (SSSR count). The molecule has 15 heavy (non-hydrogen) atoms. The summed E-state index contributed by atoms with van der Waals surface area (Å²) in [5, 5.41) is 0. The zero-order valence-electron chi connectivity index (χ0n) is 8.67. The van der Waals surface area contributed by atoms with Crippen molar-refractivity contribution in [1.82, 2.24) is 9.97 Å². The fourth-order valence-electron chi connectivity index (χ4n) is 0.859. The van der Waals surface area contributed by atoms with E-state index in [9.17, 15) is 8.42 Å². The zero-order chi connectivity index (χ0) is 11.5. The third kappa shape index (κ3) is 3.80. The predicted molar refractivity (Wildman–Crippen MR) is 52.9 cm³/mol. The maximum atomic E-state index is 10.8. The molecule has 6 nitrogen and oxygen atoms in total. The van der Waals surface area contributed by atoms with Gasteiger partial charge in [-0.3, -0.25) is 0 Å². The molecule has 0 N–H and O–H groups in total. The monoisotopic (exact) mass is 232 g/mol. The summed E-state index contributed by atoms with van der Waals surface area (Å²) in [5.74, 6) is 0.366. The minimum atomic E-state index is -3.56. The third-order valence-electron chi connectivity index (χ3n) is 1.60. The van der Waals surface area contributed by atoms with Crippen LogP contribution in [0.5, 0.6) is 5.88 Å². The van der Waals surface area contributed by atoms with Gasteiger partial charge >= 0.3 is 10.1 Å². The Balaban J connectivity index is 2.93. The Hall–Kier alpha value is -1.21. The largest absolute Gasteiger partial charge is 0.374 e. The predicted octanol–water partition coefficient (Wildman–Crippen LogP) is 0.522. The van der Waals surface area contributed by atoms with Crippen molar-refractivity contribution in [2.75, 3.05) is 13.4 Å². The van der Waals surface area contributed by atoms with Crippen LogP contribution < -0.4 is 4.18 Å². The molecule has 7 heteroatoms. The summed E-state index contributed by atoms with van der Waals surface area (Å²) in [6.07, 6.45) is 2.06. The summed E-state index contributed by atoms with van der Waals surface area (Å²) in [7, 11) is -2.05. The lowest BCUT2D eigenvalue weighted by molar-refractivity contribution is 0.111. The summed E-state index contributed by atoms with van der Waals surface area (Å²) < 4.78 is 31.3. The van der Waals surface area contributed by atoms with Crippen LogP contribution in [-0.2, 0) is 14.9 Å². The number of methoxy groups -OCH3 is 1. The summed E-state index contributed by atoms with van der Waals surface area (Å²) >= 11 is 0. The van der Waals surface area contributed by atoms with Crippen molar-refractivity contribution < 1.29 is 17.3 Å². The van der Waals surface area contributed by atoms with E-state index < -0.39 is 10.1 Å². The van der Waals surface area contributed by atoms with E-state index in [1.165, 1.54) is 19.4 Å². The first kappa shape index (κ1) is 11.9. The van der Waals surface area contributed by atoms with Crippen molar-refractivity contribution in [1.29, 1.82) is 0 Å². The minimum Gasteiger partial charge on any atom is -0.374 e. The van der Waals surface area contributed by atoms with Crippen LogP contribution in [0, 0.1) is 0 Å². The minimum absolute atomic E-state index is 0.00796. The van der Waals surface area contributed by atoms with Gasteiger partial charge in [0.2, 0.25) is 5.88 Å². The topological polar surface area (TPSA) is 78.4 Å². The van der Waals surface area contributed by atoms with Crippen molar-refractivity contribution in [2.45, 2.75) is 13.0 Å². The van der Waals surface area contributed by atoms with E-state index >= 15 is 0 Å². The molecule has 0 unspecified atom stereocenters. The van der Waals surface area contributed by atoms with Crippen LogP contribution in [0.1, 0.15) is 18.9 Å². The molecule has 0 radical (unpaired) electrons. The van der Waals surface area contributed by atoms with Gasteiger partial charge in [0.1, 0.15) is 6.10 Å². The summed E-state index contributed by atoms with van der Waals surface area (Å²) in [4.78, 5) is 7.82. The standard InChI is InChI=1S/C8H12N2O4S/c1-6(13-2)8-9-5-4-7(10-8)14-15(3,11)12/h4-6H,1-3H3/t6-/m1/s1. The Labute approximate surface area is 88.4 Å². The smallest absolute Gasteiger partial charge is 0.307 e. The lowest BCUT2D eigenvalue weighted by Crippen LogP contribution is -2.09. The van der Waals surface area contributed by atoms with Crippen LogP contribution in [0.15, 0.2) is 12.3 Å². The van der Waals surface area contributed by atoms with Crippen LogP contribution in [0.2, 0.25) is 0 Å². The van der Waals surface area contributed by atoms with E-state index in [4.69, 9.17) is 4.74 Å². The molecule has 0 saturated heterocycles. The van der Waals surface area contributed by atoms with Crippen LogP contribution >= 0.6 is 0 Å². The van der Waals surface area contributed by atoms with Gasteiger partial charge in [0, 0.05) is 19.4 Å². The molecule has 0 fully saturated rings. The molecule has 0 aromatic carbocycles. The molecule has 0 bridgehead atoms. The van der Waals surface area contributed by atoms with E-state index in [1.54, 1.807) is 6.92 Å². The highest BCUT2D eigenvalue weighted by molar-refractivity contribution is 7.86. The lowest BCUT2D eigenvalue weighted by atomic mass is 10.4. The Kier molecular flexibility index (Phi) is 3.59. The third-order valence-corrected chi connectivity index (χ3v) is 2.08. The molecule has 1 heterocycles. The SMILES string of the molecule is CO[C@H](C)c1nccc(OS(C)(=O)=O)n1. The zero-order valence-corrected chi connectivity index (χ0v) is 9.48. The Bertz CT molecular complexity index is 432. The Morgan fingerprint density at radius 3 is 2.67 bits per heavy atom. The molecule has 0 aliphatic heterocycles. The highest BCUT2D eigenvalue weighted by Gasteiger charge is 2.11. The van der Waals surface area contributed by atoms with Crippen LogP contribution in [0.4, 0.5) is 0 Å². The van der Waals surface area contributed by atoms with Crippen LogP contribution in [0.3, 0.4) is 0 Å². The van der Waals surface area contributed by atoms with Crippen molar-refractivity contribution in [3.8, 4) is 5.88 Å². The van der Waals surface area contributed by atoms with Gasteiger partial charge in [0.15, 0.2) is 5.82 Å². The van der Waals surface area contributed by atoms with Crippen molar-refractivity contribution in [3.63, 3.8) is 0 Å². The van der Waals surface area contributed by atoms with Gasteiger partial charge in [-0.1, -0.05) is 0 Å². The first-order chi connectivity index (χ1) is 6.92. The van der Waals surface area contributed by atoms with E-state index in [2.05, 4.69) is 14.2 Å². The van der Waals surface area contributed by atoms with E-state index in [1.807, 2.05) is 0 Å². The molecular formula is C8H12N2O4S. The molecule has 0 amide bonds. The van der Waals surface area contributed by atoms with Crippen LogP contribution in [-0.4, -0.2) is 31.8 Å². The molecular weight excluding hydrogens is 220 g/mol. The summed E-state index contributed by atoms with van der Waals surface area (Å²) in [6, 6.07) is 1.37. The number of nitrogens with zero attached hydrogens (tertiary/aromatic N) is 2. The molecule has 0 spiro atoms. The Morgan fingerprint density at radius 2 is 2.13 bits per heavy atom. The maximum Gasteiger partial charge on any atom is 0.307 e. The molecule has 0 saturated carbocycles. The summed E-state index contributed by atoms with van der Waals surface area (Å²) in [5.41, 5.74) is 0. The van der Waals surface area contributed by atoms with Gasteiger partial charge in [0.05, 0.1) is 6.26 Å². The normalized spacial score (nSPS) is 13.5. The molecule has 84 valence electrons. The van der Waals surface area contributed by atoms with E-state index in [0.717, 1.165) is 6.26 Å². The first-order valence-corrected chi connectivity index (χ1v) is 5.99. The van der Waals surface area contributed by atoms with Gasteiger partial charge in [-0.2, -0.15) is 13.4 Å². The van der Waals surface area contributed by atoms with E-state index in [-0.39, 0.29) is 12.0 Å². The Morgan fingerprint density at radius 1 is 1.47 bits per heavy atom. The number of rotatable bonds is 4. The summed E-state index contributed by atoms with van der Waals surface area (Å²) in [6.45, 7) is 1.75. The van der Waals surface area contributed by atoms with Crippen molar-refractivity contribution >= 4 is 10.1 Å². The van der Waals surface area contributed by atoms with E-state index in [0.29, 0.717) is 5.82 Å². The second-order valence-corrected chi connectivity index (χ2v) is 4.49. The van der Waals surface area contributed by atoms with Gasteiger partial charge in [0.25, 0.3) is 0 Å². The fraction of sp³-hybridized carbons (Fsp3) is 0.500. The molecule has 1 aromatic heterocycles. The second kappa shape index (κ2) is 4.54. The average molecular weight is 232 g/mol. The average Bonchev–Trinajstić information content (AvgIpc) is 2.14. The van der Waals surface area contributed by atoms with Crippen molar-refractivity contribution in [2.24, 2.45) is 0 Å². The number of hydrogen-bond acceptors (Lipinski definition) is 6. The lowest BCUT2D eigenvalue weighted by Gasteiger charge is -2.08. The number of ether oxygens (including phenoxy) is 1. The first-order valence-electron chi connectivity index (χ1n) is 4.17. The van der Waals surface area contributed by atoms with Gasteiger partial charge in [-0.25, -0.2) is 4.98 Å².